The number of hydrogen-bond acceptors (Lipinski definition) is 4. The first-order valence-electron chi connectivity index (χ1n) is 5.27. The van der Waals surface area contributed by atoms with Crippen LogP contribution in [-0.2, 0) is 11.3 Å². The quantitative estimate of drug-likeness (QED) is 0.786. The molecule has 2 heterocycles. The van der Waals surface area contributed by atoms with E-state index >= 15 is 0 Å². The highest BCUT2D eigenvalue weighted by Crippen LogP contribution is 2.19. The summed E-state index contributed by atoms with van der Waals surface area (Å²) in [5, 5.41) is 6.28. The molecule has 0 radical (unpaired) electrons. The molecule has 0 saturated carbocycles. The Balaban J connectivity index is 2.27. The summed E-state index contributed by atoms with van der Waals surface area (Å²) in [5.41, 5.74) is 3.02. The summed E-state index contributed by atoms with van der Waals surface area (Å²) in [4.78, 5) is 12.2. The van der Waals surface area contributed by atoms with Gasteiger partial charge in [-0.15, -0.1) is 11.3 Å². The molecule has 0 aliphatic rings. The number of thiophene rings is 1. The zero-order valence-electron chi connectivity index (χ0n) is 10.1. The van der Waals surface area contributed by atoms with Gasteiger partial charge in [0.2, 0.25) is 0 Å². The smallest absolute Gasteiger partial charge is 0.348 e. The second-order valence-electron chi connectivity index (χ2n) is 3.85. The van der Waals surface area contributed by atoms with Gasteiger partial charge in [-0.25, -0.2) is 4.79 Å². The van der Waals surface area contributed by atoms with E-state index < -0.39 is 0 Å². The van der Waals surface area contributed by atoms with Crippen LogP contribution >= 0.6 is 11.3 Å². The van der Waals surface area contributed by atoms with Crippen molar-refractivity contribution in [2.24, 2.45) is 0 Å². The highest BCUT2D eigenvalue weighted by molar-refractivity contribution is 7.12. The predicted molar refractivity (Wildman–Crippen MR) is 66.5 cm³/mol. The van der Waals surface area contributed by atoms with E-state index in [1.54, 1.807) is 0 Å². The number of methoxy groups -OCH3 is 1. The van der Waals surface area contributed by atoms with Crippen LogP contribution in [0.1, 0.15) is 26.6 Å². The van der Waals surface area contributed by atoms with Crippen LogP contribution < -0.4 is 0 Å². The van der Waals surface area contributed by atoms with E-state index in [0.29, 0.717) is 11.4 Å². The maximum Gasteiger partial charge on any atom is 0.348 e. The number of aryl methyl sites for hydroxylation is 2. The fraction of sp³-hybridized carbons (Fsp3) is 0.333. The van der Waals surface area contributed by atoms with Crippen molar-refractivity contribution in [3.05, 3.63) is 39.3 Å². The molecule has 0 aromatic carbocycles. The molecule has 5 heteroatoms. The molecule has 0 saturated heterocycles. The predicted octanol–water partition coefficient (Wildman–Crippen LogP) is 2.40. The van der Waals surface area contributed by atoms with Gasteiger partial charge in [-0.05, 0) is 36.9 Å². The fourth-order valence-electron chi connectivity index (χ4n) is 1.73. The lowest BCUT2D eigenvalue weighted by molar-refractivity contribution is 0.0605. The van der Waals surface area contributed by atoms with Gasteiger partial charge in [0.25, 0.3) is 0 Å². The van der Waals surface area contributed by atoms with E-state index in [-0.39, 0.29) is 5.97 Å². The third kappa shape index (κ3) is 2.39. The van der Waals surface area contributed by atoms with Crippen molar-refractivity contribution < 1.29 is 9.53 Å². The van der Waals surface area contributed by atoms with E-state index in [4.69, 9.17) is 4.74 Å². The number of hydrogen-bond donors (Lipinski definition) is 0. The standard InChI is InChI=1S/C12H14N2O2S/c1-8-6-9(2)14(13-8)7-10-4-5-17-11(10)12(15)16-3/h4-6H,7H2,1-3H3. The molecule has 0 aliphatic heterocycles. The Bertz CT molecular complexity index is 542. The summed E-state index contributed by atoms with van der Waals surface area (Å²) in [5.74, 6) is -0.281. The van der Waals surface area contributed by atoms with Crippen LogP contribution in [0.25, 0.3) is 0 Å². The maximum atomic E-state index is 11.5. The van der Waals surface area contributed by atoms with Crippen molar-refractivity contribution in [1.82, 2.24) is 9.78 Å². The topological polar surface area (TPSA) is 44.1 Å². The van der Waals surface area contributed by atoms with E-state index in [1.165, 1.54) is 18.4 Å². The van der Waals surface area contributed by atoms with Crippen LogP contribution in [0.15, 0.2) is 17.5 Å². The van der Waals surface area contributed by atoms with Gasteiger partial charge in [0.05, 0.1) is 19.3 Å². The Morgan fingerprint density at radius 1 is 1.53 bits per heavy atom. The SMILES string of the molecule is COC(=O)c1sccc1Cn1nc(C)cc1C. The van der Waals surface area contributed by atoms with Gasteiger partial charge in [-0.3, -0.25) is 4.68 Å². The Morgan fingerprint density at radius 2 is 2.29 bits per heavy atom. The first kappa shape index (κ1) is 11.9. The van der Waals surface area contributed by atoms with Gasteiger partial charge in [0.1, 0.15) is 4.88 Å². The molecule has 0 amide bonds. The van der Waals surface area contributed by atoms with Gasteiger partial charge < -0.3 is 4.74 Å². The van der Waals surface area contributed by atoms with Crippen molar-refractivity contribution in [3.8, 4) is 0 Å². The highest BCUT2D eigenvalue weighted by Gasteiger charge is 2.14. The van der Waals surface area contributed by atoms with Gasteiger partial charge in [0, 0.05) is 5.69 Å². The fourth-order valence-corrected chi connectivity index (χ4v) is 2.56. The van der Waals surface area contributed by atoms with Gasteiger partial charge >= 0.3 is 5.97 Å². The largest absolute Gasteiger partial charge is 0.465 e. The number of esters is 1. The molecule has 4 nitrogen and oxygen atoms in total. The highest BCUT2D eigenvalue weighted by atomic mass is 32.1. The molecule has 0 bridgehead atoms. The van der Waals surface area contributed by atoms with Gasteiger partial charge in [-0.2, -0.15) is 5.10 Å². The van der Waals surface area contributed by atoms with E-state index in [9.17, 15) is 4.79 Å². The zero-order valence-corrected chi connectivity index (χ0v) is 10.9. The van der Waals surface area contributed by atoms with Crippen LogP contribution in [0.5, 0.6) is 0 Å². The lowest BCUT2D eigenvalue weighted by Crippen LogP contribution is -2.08. The van der Waals surface area contributed by atoms with Crippen molar-refractivity contribution >= 4 is 17.3 Å². The molecule has 0 unspecified atom stereocenters. The monoisotopic (exact) mass is 250 g/mol. The summed E-state index contributed by atoms with van der Waals surface area (Å²) in [6, 6.07) is 3.96. The average molecular weight is 250 g/mol. The summed E-state index contributed by atoms with van der Waals surface area (Å²) in [6.45, 7) is 4.57. The number of carbonyl (C=O) groups is 1. The Labute approximate surface area is 104 Å². The number of ether oxygens (including phenoxy) is 1. The molecule has 2 aromatic rings. The molecule has 0 spiro atoms. The van der Waals surface area contributed by atoms with E-state index in [0.717, 1.165) is 17.0 Å². The minimum atomic E-state index is -0.281. The molecule has 2 rings (SSSR count). The average Bonchev–Trinajstić information content (AvgIpc) is 2.86. The second-order valence-corrected chi connectivity index (χ2v) is 4.77. The molecule has 90 valence electrons. The van der Waals surface area contributed by atoms with Crippen LogP contribution in [0.2, 0.25) is 0 Å². The van der Waals surface area contributed by atoms with E-state index in [2.05, 4.69) is 5.10 Å². The molecular weight excluding hydrogens is 236 g/mol. The number of carbonyl (C=O) groups excluding carboxylic acids is 1. The van der Waals surface area contributed by atoms with Gasteiger partial charge in [-0.1, -0.05) is 0 Å². The summed E-state index contributed by atoms with van der Waals surface area (Å²) >= 11 is 1.40. The number of aromatic nitrogens is 2. The van der Waals surface area contributed by atoms with Gasteiger partial charge in [0.15, 0.2) is 0 Å². The molecule has 2 aromatic heterocycles. The summed E-state index contributed by atoms with van der Waals surface area (Å²) < 4.78 is 6.64. The Morgan fingerprint density at radius 3 is 2.88 bits per heavy atom. The third-order valence-electron chi connectivity index (χ3n) is 2.54. The lowest BCUT2D eigenvalue weighted by atomic mass is 10.2. The Kier molecular flexibility index (Phi) is 3.28. The zero-order chi connectivity index (χ0) is 12.4. The van der Waals surface area contributed by atoms with Crippen LogP contribution in [0, 0.1) is 13.8 Å². The lowest BCUT2D eigenvalue weighted by Gasteiger charge is -2.04. The summed E-state index contributed by atoms with van der Waals surface area (Å²) in [6.07, 6.45) is 0. The molecule has 17 heavy (non-hydrogen) atoms. The number of nitrogens with zero attached hydrogens (tertiary/aromatic N) is 2. The van der Waals surface area contributed by atoms with Crippen LogP contribution in [0.4, 0.5) is 0 Å². The normalized spacial score (nSPS) is 10.5. The molecule has 0 aliphatic carbocycles. The minimum Gasteiger partial charge on any atom is -0.465 e. The van der Waals surface area contributed by atoms with Crippen LogP contribution in [0.3, 0.4) is 0 Å². The third-order valence-corrected chi connectivity index (χ3v) is 3.48. The molecule has 0 atom stereocenters. The van der Waals surface area contributed by atoms with E-state index in [1.807, 2.05) is 36.0 Å². The van der Waals surface area contributed by atoms with Crippen molar-refractivity contribution in [1.29, 1.82) is 0 Å². The minimum absolute atomic E-state index is 0.281. The van der Waals surface area contributed by atoms with Crippen molar-refractivity contribution in [2.75, 3.05) is 7.11 Å². The first-order chi connectivity index (χ1) is 8.11. The molecule has 0 N–H and O–H groups in total. The Hall–Kier alpha value is -1.62. The summed E-state index contributed by atoms with van der Waals surface area (Å²) in [7, 11) is 1.40. The van der Waals surface area contributed by atoms with Crippen molar-refractivity contribution in [2.45, 2.75) is 20.4 Å². The first-order valence-corrected chi connectivity index (χ1v) is 6.15. The second kappa shape index (κ2) is 4.71. The van der Waals surface area contributed by atoms with Crippen LogP contribution in [-0.4, -0.2) is 22.9 Å². The molecule has 0 fully saturated rings. The molecular formula is C12H14N2O2S. The van der Waals surface area contributed by atoms with Crippen molar-refractivity contribution in [3.63, 3.8) is 0 Å². The maximum absolute atomic E-state index is 11.5. The number of rotatable bonds is 3.